The van der Waals surface area contributed by atoms with Gasteiger partial charge in [-0.2, -0.15) is 0 Å². The summed E-state index contributed by atoms with van der Waals surface area (Å²) in [5.74, 6) is -0.122. The minimum Gasteiger partial charge on any atom is -0.297 e. The van der Waals surface area contributed by atoms with Crippen molar-refractivity contribution in [3.05, 3.63) is 36.3 Å². The van der Waals surface area contributed by atoms with Crippen LogP contribution in [-0.4, -0.2) is 21.0 Å². The van der Waals surface area contributed by atoms with Gasteiger partial charge in [0, 0.05) is 6.20 Å². The molecule has 0 aliphatic carbocycles. The third kappa shape index (κ3) is 1.31. The lowest BCUT2D eigenvalue weighted by Crippen LogP contribution is -2.03. The van der Waals surface area contributed by atoms with Gasteiger partial charge in [-0.15, -0.1) is 11.6 Å². The number of imidazole rings is 1. The Labute approximate surface area is 80.0 Å². The Morgan fingerprint density at radius 1 is 1.54 bits per heavy atom. The first-order chi connectivity index (χ1) is 6.33. The van der Waals surface area contributed by atoms with Crippen molar-refractivity contribution in [1.29, 1.82) is 0 Å². The fourth-order valence-corrected chi connectivity index (χ4v) is 1.34. The van der Waals surface area contributed by atoms with E-state index in [1.165, 1.54) is 0 Å². The smallest absolute Gasteiger partial charge is 0.195 e. The van der Waals surface area contributed by atoms with Crippen LogP contribution in [0.5, 0.6) is 0 Å². The zero-order valence-electron chi connectivity index (χ0n) is 6.77. The predicted molar refractivity (Wildman–Crippen MR) is 50.2 cm³/mol. The van der Waals surface area contributed by atoms with Crippen molar-refractivity contribution in [3.63, 3.8) is 0 Å². The molecule has 13 heavy (non-hydrogen) atoms. The summed E-state index contributed by atoms with van der Waals surface area (Å²) in [6, 6.07) is 5.56. The highest BCUT2D eigenvalue weighted by molar-refractivity contribution is 6.30. The number of hydrogen-bond acceptors (Lipinski definition) is 2. The van der Waals surface area contributed by atoms with E-state index in [4.69, 9.17) is 11.6 Å². The Kier molecular flexibility index (Phi) is 2.02. The number of ketones is 1. The van der Waals surface area contributed by atoms with Gasteiger partial charge in [0.2, 0.25) is 0 Å². The third-order valence-corrected chi connectivity index (χ3v) is 2.07. The first kappa shape index (κ1) is 8.26. The molecule has 0 saturated heterocycles. The molecule has 3 nitrogen and oxygen atoms in total. The highest BCUT2D eigenvalue weighted by atomic mass is 35.5. The van der Waals surface area contributed by atoms with E-state index in [0.29, 0.717) is 5.69 Å². The van der Waals surface area contributed by atoms with Gasteiger partial charge in [-0.05, 0) is 12.1 Å². The second-order valence-corrected chi connectivity index (χ2v) is 2.90. The summed E-state index contributed by atoms with van der Waals surface area (Å²) >= 11 is 5.45. The van der Waals surface area contributed by atoms with Gasteiger partial charge in [-0.25, -0.2) is 4.98 Å². The second kappa shape index (κ2) is 3.18. The SMILES string of the molecule is O=C(CCl)c1cnc2ccccn12. The number of halogens is 1. The zero-order chi connectivity index (χ0) is 9.26. The highest BCUT2D eigenvalue weighted by Crippen LogP contribution is 2.07. The number of hydrogen-bond donors (Lipinski definition) is 0. The van der Waals surface area contributed by atoms with E-state index in [9.17, 15) is 4.79 Å². The van der Waals surface area contributed by atoms with E-state index in [1.807, 2.05) is 18.2 Å². The second-order valence-electron chi connectivity index (χ2n) is 2.63. The molecule has 4 heteroatoms. The first-order valence-corrected chi connectivity index (χ1v) is 4.37. The summed E-state index contributed by atoms with van der Waals surface area (Å²) in [5, 5.41) is 0. The van der Waals surface area contributed by atoms with Crippen LogP contribution in [0.2, 0.25) is 0 Å². The molecule has 0 amide bonds. The van der Waals surface area contributed by atoms with Crippen molar-refractivity contribution in [2.45, 2.75) is 0 Å². The summed E-state index contributed by atoms with van der Waals surface area (Å²) in [6.45, 7) is 0. The average molecular weight is 195 g/mol. The molecule has 0 atom stereocenters. The molecule has 0 unspecified atom stereocenters. The van der Waals surface area contributed by atoms with Crippen molar-refractivity contribution in [1.82, 2.24) is 9.38 Å². The van der Waals surface area contributed by atoms with Crippen LogP contribution in [0.1, 0.15) is 10.5 Å². The third-order valence-electron chi connectivity index (χ3n) is 1.82. The Balaban J connectivity index is 2.64. The summed E-state index contributed by atoms with van der Waals surface area (Å²) in [5.41, 5.74) is 1.29. The van der Waals surface area contributed by atoms with Gasteiger partial charge in [0.1, 0.15) is 11.3 Å². The number of nitrogens with zero attached hydrogens (tertiary/aromatic N) is 2. The van der Waals surface area contributed by atoms with Crippen LogP contribution in [0.25, 0.3) is 5.65 Å². The summed E-state index contributed by atoms with van der Waals surface area (Å²) in [4.78, 5) is 15.4. The van der Waals surface area contributed by atoms with Gasteiger partial charge >= 0.3 is 0 Å². The van der Waals surface area contributed by atoms with E-state index in [2.05, 4.69) is 4.98 Å². The maximum absolute atomic E-state index is 11.3. The van der Waals surface area contributed by atoms with Crippen LogP contribution in [0, 0.1) is 0 Å². The van der Waals surface area contributed by atoms with E-state index in [0.717, 1.165) is 5.65 Å². The molecule has 0 radical (unpaired) electrons. The fourth-order valence-electron chi connectivity index (χ4n) is 1.21. The maximum atomic E-state index is 11.3. The molecule has 0 fully saturated rings. The summed E-state index contributed by atoms with van der Waals surface area (Å²) < 4.78 is 1.73. The quantitative estimate of drug-likeness (QED) is 0.539. The Morgan fingerprint density at radius 3 is 3.15 bits per heavy atom. The molecule has 0 spiro atoms. The number of alkyl halides is 1. The van der Waals surface area contributed by atoms with Crippen molar-refractivity contribution in [2.75, 3.05) is 5.88 Å². The molecule has 0 bridgehead atoms. The number of carbonyl (C=O) groups excluding carboxylic acids is 1. The lowest BCUT2D eigenvalue weighted by atomic mass is 10.3. The van der Waals surface area contributed by atoms with Crippen molar-refractivity contribution >= 4 is 23.0 Å². The Hall–Kier alpha value is -1.35. The van der Waals surface area contributed by atoms with Crippen LogP contribution in [-0.2, 0) is 0 Å². The minimum atomic E-state index is -0.111. The maximum Gasteiger partial charge on any atom is 0.195 e. The number of aromatic nitrogens is 2. The standard InChI is InChI=1S/C9H7ClN2O/c10-5-8(13)7-6-11-9-3-1-2-4-12(7)9/h1-4,6H,5H2. The highest BCUT2D eigenvalue weighted by Gasteiger charge is 2.09. The predicted octanol–water partition coefficient (Wildman–Crippen LogP) is 1.76. The molecule has 2 aromatic rings. The first-order valence-electron chi connectivity index (χ1n) is 3.84. The average Bonchev–Trinajstić information content (AvgIpc) is 2.60. The van der Waals surface area contributed by atoms with Gasteiger partial charge in [0.25, 0.3) is 0 Å². The van der Waals surface area contributed by atoms with Crippen LogP contribution in [0.4, 0.5) is 0 Å². The largest absolute Gasteiger partial charge is 0.297 e. The van der Waals surface area contributed by atoms with E-state index in [1.54, 1.807) is 16.8 Å². The number of pyridine rings is 1. The van der Waals surface area contributed by atoms with E-state index >= 15 is 0 Å². The number of carbonyl (C=O) groups is 1. The normalized spacial score (nSPS) is 10.5. The molecular weight excluding hydrogens is 188 g/mol. The van der Waals surface area contributed by atoms with Crippen LogP contribution in [0.15, 0.2) is 30.6 Å². The molecule has 0 aliphatic heterocycles. The summed E-state index contributed by atoms with van der Waals surface area (Å²) in [7, 11) is 0. The Bertz CT molecular complexity index is 450. The van der Waals surface area contributed by atoms with E-state index < -0.39 is 0 Å². The van der Waals surface area contributed by atoms with Gasteiger partial charge in [0.15, 0.2) is 5.78 Å². The molecule has 0 N–H and O–H groups in total. The molecule has 2 heterocycles. The molecule has 2 rings (SSSR count). The van der Waals surface area contributed by atoms with Gasteiger partial charge in [0.05, 0.1) is 12.1 Å². The molecular formula is C9H7ClN2O. The molecule has 2 aromatic heterocycles. The monoisotopic (exact) mass is 194 g/mol. The number of fused-ring (bicyclic) bond motifs is 1. The van der Waals surface area contributed by atoms with Crippen molar-refractivity contribution in [2.24, 2.45) is 0 Å². The fraction of sp³-hybridized carbons (Fsp3) is 0.111. The van der Waals surface area contributed by atoms with Crippen molar-refractivity contribution in [3.8, 4) is 0 Å². The molecule has 0 aromatic carbocycles. The van der Waals surface area contributed by atoms with E-state index in [-0.39, 0.29) is 11.7 Å². The topological polar surface area (TPSA) is 34.4 Å². The van der Waals surface area contributed by atoms with Crippen molar-refractivity contribution < 1.29 is 4.79 Å². The van der Waals surface area contributed by atoms with Crippen LogP contribution in [0.3, 0.4) is 0 Å². The molecule has 0 aliphatic rings. The zero-order valence-corrected chi connectivity index (χ0v) is 7.53. The van der Waals surface area contributed by atoms with Gasteiger partial charge < -0.3 is 0 Å². The lowest BCUT2D eigenvalue weighted by Gasteiger charge is -1.96. The lowest BCUT2D eigenvalue weighted by molar-refractivity contribution is 0.101. The number of Topliss-reactive ketones (excluding diaryl/α,β-unsaturated/α-hetero) is 1. The number of rotatable bonds is 2. The van der Waals surface area contributed by atoms with Crippen LogP contribution >= 0.6 is 11.6 Å². The summed E-state index contributed by atoms with van der Waals surface area (Å²) in [6.07, 6.45) is 3.34. The Morgan fingerprint density at radius 2 is 2.38 bits per heavy atom. The molecule has 66 valence electrons. The van der Waals surface area contributed by atoms with Gasteiger partial charge in [-0.1, -0.05) is 6.07 Å². The van der Waals surface area contributed by atoms with Crippen LogP contribution < -0.4 is 0 Å². The van der Waals surface area contributed by atoms with Gasteiger partial charge in [-0.3, -0.25) is 9.20 Å². The molecule has 0 saturated carbocycles. The minimum absolute atomic E-state index is 0.0112.